The Kier molecular flexibility index (Phi) is 10.2. The summed E-state index contributed by atoms with van der Waals surface area (Å²) in [4.78, 5) is 0. The van der Waals surface area contributed by atoms with Gasteiger partial charge in [0.25, 0.3) is 0 Å². The van der Waals surface area contributed by atoms with Crippen molar-refractivity contribution in [3.63, 3.8) is 0 Å². The van der Waals surface area contributed by atoms with Crippen LogP contribution in [0.25, 0.3) is 0 Å². The molecule has 0 bridgehead atoms. The number of halogens is 17. The van der Waals surface area contributed by atoms with Crippen molar-refractivity contribution in [1.82, 2.24) is 0 Å². The van der Waals surface area contributed by atoms with Crippen LogP contribution in [0, 0.1) is 20.8 Å². The molecule has 0 saturated heterocycles. The first-order chi connectivity index (χ1) is 19.9. The second-order valence-electron chi connectivity index (χ2n) is 10.1. The highest BCUT2D eigenvalue weighted by molar-refractivity contribution is 7.99. The Balaban J connectivity index is 2.49. The fourth-order valence-electron chi connectivity index (χ4n) is 4.05. The summed E-state index contributed by atoms with van der Waals surface area (Å²) in [5, 5.41) is 9.30. The standard InChI is InChI=1S/C26H21F17OS/c1-12-5-4-6-15(10-12)18(16-11-13(2)9-14(3)17(16)44)45-8-7-19(27,28)20(29,30)21(31,32)22(33,34)23(35,36)24(37,38)25(39,40)26(41,42)43/h4-6,9-11,18,44H,7-8H2,1-3H3. The van der Waals surface area contributed by atoms with Crippen LogP contribution in [0.1, 0.15) is 39.5 Å². The molecular formula is C26H21F17OS. The third-order valence-electron chi connectivity index (χ3n) is 6.59. The van der Waals surface area contributed by atoms with E-state index in [4.69, 9.17) is 0 Å². The molecule has 0 saturated carbocycles. The molecule has 0 radical (unpaired) electrons. The van der Waals surface area contributed by atoms with Gasteiger partial charge in [-0.15, -0.1) is 11.8 Å². The molecule has 1 nitrogen and oxygen atoms in total. The monoisotopic (exact) mass is 704 g/mol. The lowest BCUT2D eigenvalue weighted by Crippen LogP contribution is -2.74. The molecule has 0 fully saturated rings. The summed E-state index contributed by atoms with van der Waals surface area (Å²) in [6.45, 7) is 4.52. The molecule has 2 aromatic rings. The molecule has 2 aromatic carbocycles. The Morgan fingerprint density at radius 1 is 0.600 bits per heavy atom. The lowest BCUT2D eigenvalue weighted by Gasteiger charge is -2.42. The molecule has 2 rings (SSSR count). The SMILES string of the molecule is Cc1cccc(C(SCCC(F)(F)C(F)(F)C(F)(F)C(F)(F)C(F)(F)C(F)(F)C(F)(F)C(F)(F)F)c2cc(C)cc(C)c2O)c1. The van der Waals surface area contributed by atoms with Crippen molar-refractivity contribution in [2.24, 2.45) is 0 Å². The van der Waals surface area contributed by atoms with Crippen LogP contribution in [-0.2, 0) is 0 Å². The van der Waals surface area contributed by atoms with E-state index in [1.54, 1.807) is 13.0 Å². The largest absolute Gasteiger partial charge is 0.507 e. The van der Waals surface area contributed by atoms with Gasteiger partial charge in [-0.3, -0.25) is 0 Å². The average molecular weight is 704 g/mol. The highest BCUT2D eigenvalue weighted by Gasteiger charge is 2.95. The number of rotatable bonds is 12. The molecule has 0 spiro atoms. The molecule has 19 heteroatoms. The Morgan fingerprint density at radius 2 is 1.07 bits per heavy atom. The number of thioether (sulfide) groups is 1. The first-order valence-corrected chi connectivity index (χ1v) is 13.2. The number of aromatic hydroxyl groups is 1. The van der Waals surface area contributed by atoms with Crippen molar-refractivity contribution < 1.29 is 79.7 Å². The minimum atomic E-state index is -8.66. The Labute approximate surface area is 247 Å². The van der Waals surface area contributed by atoms with Gasteiger partial charge < -0.3 is 5.11 Å². The molecule has 0 aliphatic rings. The van der Waals surface area contributed by atoms with Crippen LogP contribution in [0.5, 0.6) is 5.75 Å². The second-order valence-corrected chi connectivity index (χ2v) is 11.3. The topological polar surface area (TPSA) is 20.2 Å². The Morgan fingerprint density at radius 3 is 1.53 bits per heavy atom. The van der Waals surface area contributed by atoms with E-state index in [2.05, 4.69) is 0 Å². The summed E-state index contributed by atoms with van der Waals surface area (Å²) >= 11 is 0.247. The zero-order valence-corrected chi connectivity index (χ0v) is 23.6. The van der Waals surface area contributed by atoms with Crippen molar-refractivity contribution >= 4 is 11.8 Å². The molecule has 0 aromatic heterocycles. The first kappa shape index (κ1) is 38.6. The van der Waals surface area contributed by atoms with Crippen molar-refractivity contribution in [3.8, 4) is 5.75 Å². The van der Waals surface area contributed by atoms with Gasteiger partial charge in [0.05, 0.1) is 5.25 Å². The summed E-state index contributed by atoms with van der Waals surface area (Å²) in [5.41, 5.74) is 1.50. The maximum absolute atomic E-state index is 14.5. The average Bonchev–Trinajstić information content (AvgIpc) is 2.87. The van der Waals surface area contributed by atoms with Gasteiger partial charge >= 0.3 is 47.6 Å². The lowest BCUT2D eigenvalue weighted by atomic mass is 9.88. The number of aryl methyl sites for hydroxylation is 3. The van der Waals surface area contributed by atoms with Crippen molar-refractivity contribution in [2.75, 3.05) is 5.75 Å². The van der Waals surface area contributed by atoms with Crippen LogP contribution < -0.4 is 0 Å². The molecule has 45 heavy (non-hydrogen) atoms. The van der Waals surface area contributed by atoms with Crippen LogP contribution >= 0.6 is 11.8 Å². The van der Waals surface area contributed by atoms with E-state index in [0.29, 0.717) is 11.1 Å². The van der Waals surface area contributed by atoms with Gasteiger partial charge in [-0.1, -0.05) is 47.5 Å². The molecule has 0 aliphatic heterocycles. The fraction of sp³-hybridized carbons (Fsp3) is 0.538. The van der Waals surface area contributed by atoms with Gasteiger partial charge in [-0.05, 0) is 31.9 Å². The third-order valence-corrected chi connectivity index (χ3v) is 7.89. The van der Waals surface area contributed by atoms with E-state index in [1.807, 2.05) is 0 Å². The molecule has 1 unspecified atom stereocenters. The predicted molar refractivity (Wildman–Crippen MR) is 128 cm³/mol. The van der Waals surface area contributed by atoms with Crippen LogP contribution in [0.4, 0.5) is 74.6 Å². The van der Waals surface area contributed by atoms with Crippen LogP contribution in [0.15, 0.2) is 36.4 Å². The third kappa shape index (κ3) is 6.25. The summed E-state index contributed by atoms with van der Waals surface area (Å²) < 4.78 is 231. The van der Waals surface area contributed by atoms with E-state index in [-0.39, 0.29) is 28.5 Å². The van der Waals surface area contributed by atoms with E-state index in [1.165, 1.54) is 44.2 Å². The van der Waals surface area contributed by atoms with Gasteiger partial charge in [-0.2, -0.15) is 74.6 Å². The maximum Gasteiger partial charge on any atom is 0.460 e. The number of alkyl halides is 17. The van der Waals surface area contributed by atoms with Gasteiger partial charge in [-0.25, -0.2) is 0 Å². The van der Waals surface area contributed by atoms with E-state index in [0.717, 1.165) is 0 Å². The summed E-state index contributed by atoms with van der Waals surface area (Å²) in [5.74, 6) is -58.3. The van der Waals surface area contributed by atoms with Crippen LogP contribution in [0.2, 0.25) is 0 Å². The van der Waals surface area contributed by atoms with Crippen LogP contribution in [0.3, 0.4) is 0 Å². The normalized spacial score (nSPS) is 15.4. The summed E-state index contributed by atoms with van der Waals surface area (Å²) in [6.07, 6.45) is -10.4. The Bertz CT molecular complexity index is 1370. The number of hydrogen-bond acceptors (Lipinski definition) is 2. The zero-order chi connectivity index (χ0) is 35.4. The quantitative estimate of drug-likeness (QED) is 0.222. The van der Waals surface area contributed by atoms with Gasteiger partial charge in [0.2, 0.25) is 0 Å². The summed E-state index contributed by atoms with van der Waals surface area (Å²) in [7, 11) is 0. The van der Waals surface area contributed by atoms with E-state index in [9.17, 15) is 79.7 Å². The summed E-state index contributed by atoms with van der Waals surface area (Å²) in [6, 6.07) is 8.65. The van der Waals surface area contributed by atoms with Crippen LogP contribution in [-0.4, -0.2) is 58.5 Å². The lowest BCUT2D eigenvalue weighted by molar-refractivity contribution is -0.461. The van der Waals surface area contributed by atoms with Gasteiger partial charge in [0.15, 0.2) is 0 Å². The molecule has 0 aliphatic carbocycles. The van der Waals surface area contributed by atoms with E-state index >= 15 is 0 Å². The molecule has 256 valence electrons. The van der Waals surface area contributed by atoms with E-state index < -0.39 is 70.8 Å². The first-order valence-electron chi connectivity index (χ1n) is 12.1. The van der Waals surface area contributed by atoms with Crippen molar-refractivity contribution in [3.05, 3.63) is 64.2 Å². The number of hydrogen-bond donors (Lipinski definition) is 1. The zero-order valence-electron chi connectivity index (χ0n) is 22.7. The highest BCUT2D eigenvalue weighted by atomic mass is 32.2. The molecule has 0 heterocycles. The maximum atomic E-state index is 14.5. The van der Waals surface area contributed by atoms with Crippen molar-refractivity contribution in [2.45, 2.75) is 80.1 Å². The molecule has 1 N–H and O–H groups in total. The number of phenolic OH excluding ortho intramolecular Hbond substituents is 1. The van der Waals surface area contributed by atoms with Crippen molar-refractivity contribution in [1.29, 1.82) is 0 Å². The predicted octanol–water partition coefficient (Wildman–Crippen LogP) is 10.5. The molecule has 1 atom stereocenters. The number of benzene rings is 2. The molecule has 0 amide bonds. The van der Waals surface area contributed by atoms with Gasteiger partial charge in [0, 0.05) is 17.7 Å². The minimum absolute atomic E-state index is 0.0116. The number of phenols is 1. The second kappa shape index (κ2) is 11.9. The molecular weight excluding hydrogens is 683 g/mol. The van der Waals surface area contributed by atoms with Gasteiger partial charge in [0.1, 0.15) is 5.75 Å². The minimum Gasteiger partial charge on any atom is -0.507 e. The Hall–Kier alpha value is -2.60. The highest BCUT2D eigenvalue weighted by Crippen LogP contribution is 2.64. The fourth-order valence-corrected chi connectivity index (χ4v) is 5.36. The smallest absolute Gasteiger partial charge is 0.460 e.